The Balaban J connectivity index is 0.00000341. The van der Waals surface area contributed by atoms with Gasteiger partial charge in [0.05, 0.1) is 12.8 Å². The number of unbranched alkanes of at least 4 members (excludes halogenated alkanes) is 1. The summed E-state index contributed by atoms with van der Waals surface area (Å²) < 4.78 is 5.21. The number of hydrogen-bond acceptors (Lipinski definition) is 5. The molecular weight excluding hydrogens is 521 g/mol. The summed E-state index contributed by atoms with van der Waals surface area (Å²) in [7, 11) is 1.70. The molecule has 0 saturated carbocycles. The van der Waals surface area contributed by atoms with Gasteiger partial charge < -0.3 is 20.3 Å². The molecule has 1 aromatic heterocycles. The van der Waals surface area contributed by atoms with E-state index in [4.69, 9.17) is 14.7 Å². The van der Waals surface area contributed by atoms with Crippen molar-refractivity contribution in [2.45, 2.75) is 45.4 Å². The summed E-state index contributed by atoms with van der Waals surface area (Å²) in [5, 5.41) is 10.2. The van der Waals surface area contributed by atoms with Crippen molar-refractivity contribution in [3.8, 4) is 5.75 Å². The fourth-order valence-corrected chi connectivity index (χ4v) is 4.45. The number of rotatable bonds is 11. The first-order valence-corrected chi connectivity index (χ1v) is 12.0. The molecule has 1 aliphatic rings. The molecule has 2 aromatic rings. The molecule has 0 amide bonds. The van der Waals surface area contributed by atoms with E-state index in [1.165, 1.54) is 29.2 Å². The van der Waals surface area contributed by atoms with Gasteiger partial charge >= 0.3 is 0 Å². The number of nitrogens with one attached hydrogen (secondary N) is 2. The molecule has 6 nitrogen and oxygen atoms in total. The molecule has 2 heterocycles. The minimum Gasteiger partial charge on any atom is -0.497 e. The topological polar surface area (TPSA) is 61.8 Å². The van der Waals surface area contributed by atoms with Crippen LogP contribution in [0.5, 0.6) is 5.75 Å². The van der Waals surface area contributed by atoms with Crippen LogP contribution in [-0.4, -0.2) is 50.8 Å². The zero-order valence-electron chi connectivity index (χ0n) is 18.7. The van der Waals surface area contributed by atoms with Crippen molar-refractivity contribution in [3.05, 3.63) is 40.9 Å². The lowest BCUT2D eigenvalue weighted by Gasteiger charge is -2.12. The summed E-state index contributed by atoms with van der Waals surface area (Å²) in [5.41, 5.74) is 2.52. The normalized spacial score (nSPS) is 13.7. The van der Waals surface area contributed by atoms with E-state index in [9.17, 15) is 0 Å². The number of guanidine groups is 1. The van der Waals surface area contributed by atoms with Gasteiger partial charge in [-0.2, -0.15) is 0 Å². The molecule has 0 atom stereocenters. The first-order chi connectivity index (χ1) is 14.8. The summed E-state index contributed by atoms with van der Waals surface area (Å²) >= 11 is 1.77. The van der Waals surface area contributed by atoms with E-state index in [1.54, 1.807) is 18.4 Å². The number of anilines is 1. The van der Waals surface area contributed by atoms with Crippen molar-refractivity contribution in [2.24, 2.45) is 4.99 Å². The monoisotopic (exact) mass is 557 g/mol. The first-order valence-electron chi connectivity index (χ1n) is 11.1. The summed E-state index contributed by atoms with van der Waals surface area (Å²) in [6.07, 6.45) is 6.79. The Labute approximate surface area is 207 Å². The smallest absolute Gasteiger partial charge is 0.191 e. The maximum atomic E-state index is 5.21. The van der Waals surface area contributed by atoms with Gasteiger partial charge in [-0.15, -0.1) is 35.3 Å². The molecule has 0 bridgehead atoms. The number of halogens is 1. The molecular formula is C23H36IN5OS. The standard InChI is InChI=1S/C23H35N5OS.HI/c1-3-24-22(25-14-5-4-8-19-9-11-21(29-2)12-10-19)26-15-13-20-18-30-23(27-20)28-16-6-7-17-28;/h9-12,18H,3-8,13-17H2,1-2H3,(H2,24,25,26);1H. The highest BCUT2D eigenvalue weighted by Gasteiger charge is 2.15. The van der Waals surface area contributed by atoms with Crippen LogP contribution >= 0.6 is 35.3 Å². The van der Waals surface area contributed by atoms with Crippen molar-refractivity contribution in [3.63, 3.8) is 0 Å². The average Bonchev–Trinajstić information content (AvgIpc) is 3.46. The second-order valence-electron chi connectivity index (χ2n) is 7.56. The van der Waals surface area contributed by atoms with Crippen molar-refractivity contribution in [1.82, 2.24) is 15.6 Å². The number of ether oxygens (including phenoxy) is 1. The molecule has 0 spiro atoms. The fraction of sp³-hybridized carbons (Fsp3) is 0.565. The first kappa shape index (κ1) is 25.7. The molecule has 2 N–H and O–H groups in total. The Morgan fingerprint density at radius 3 is 2.61 bits per heavy atom. The number of hydrogen-bond donors (Lipinski definition) is 2. The van der Waals surface area contributed by atoms with Crippen LogP contribution in [0.3, 0.4) is 0 Å². The molecule has 1 aromatic carbocycles. The molecule has 31 heavy (non-hydrogen) atoms. The van der Waals surface area contributed by atoms with Crippen molar-refractivity contribution in [2.75, 3.05) is 44.7 Å². The van der Waals surface area contributed by atoms with E-state index in [0.717, 1.165) is 70.1 Å². The van der Waals surface area contributed by atoms with E-state index >= 15 is 0 Å². The molecule has 1 saturated heterocycles. The highest BCUT2D eigenvalue weighted by molar-refractivity contribution is 14.0. The highest BCUT2D eigenvalue weighted by Crippen LogP contribution is 2.24. The van der Waals surface area contributed by atoms with E-state index in [1.807, 2.05) is 12.1 Å². The largest absolute Gasteiger partial charge is 0.497 e. The maximum Gasteiger partial charge on any atom is 0.191 e. The highest BCUT2D eigenvalue weighted by atomic mass is 127. The van der Waals surface area contributed by atoms with Gasteiger partial charge in [-0.05, 0) is 56.7 Å². The molecule has 1 fully saturated rings. The van der Waals surface area contributed by atoms with Gasteiger partial charge in [-0.25, -0.2) is 4.98 Å². The lowest BCUT2D eigenvalue weighted by molar-refractivity contribution is 0.414. The second-order valence-corrected chi connectivity index (χ2v) is 8.39. The van der Waals surface area contributed by atoms with Gasteiger partial charge in [0, 0.05) is 44.5 Å². The van der Waals surface area contributed by atoms with Crippen LogP contribution in [0.25, 0.3) is 0 Å². The zero-order chi connectivity index (χ0) is 21.0. The van der Waals surface area contributed by atoms with Crippen molar-refractivity contribution in [1.29, 1.82) is 0 Å². The lowest BCUT2D eigenvalue weighted by atomic mass is 10.1. The number of aryl methyl sites for hydroxylation is 1. The van der Waals surface area contributed by atoms with Crippen LogP contribution in [0.15, 0.2) is 34.6 Å². The number of methoxy groups -OCH3 is 1. The third-order valence-electron chi connectivity index (χ3n) is 5.24. The Morgan fingerprint density at radius 1 is 1.13 bits per heavy atom. The molecule has 8 heteroatoms. The quantitative estimate of drug-likeness (QED) is 0.185. The van der Waals surface area contributed by atoms with Gasteiger partial charge in [0.25, 0.3) is 0 Å². The summed E-state index contributed by atoms with van der Waals surface area (Å²) in [4.78, 5) is 11.9. The number of aliphatic imine (C=N–C) groups is 1. The van der Waals surface area contributed by atoms with E-state index in [2.05, 4.69) is 40.0 Å². The van der Waals surface area contributed by atoms with Crippen molar-refractivity contribution < 1.29 is 4.74 Å². The minimum atomic E-state index is 0. The Kier molecular flexibility index (Phi) is 12.0. The number of nitrogens with zero attached hydrogens (tertiary/aromatic N) is 3. The van der Waals surface area contributed by atoms with Crippen LogP contribution in [0.1, 0.15) is 43.9 Å². The van der Waals surface area contributed by atoms with Gasteiger partial charge in [0.1, 0.15) is 5.75 Å². The average molecular weight is 558 g/mol. The third-order valence-corrected chi connectivity index (χ3v) is 6.19. The summed E-state index contributed by atoms with van der Waals surface area (Å²) in [5.74, 6) is 1.81. The Hall–Kier alpha value is -1.55. The van der Waals surface area contributed by atoms with E-state index in [0.29, 0.717) is 0 Å². The molecule has 172 valence electrons. The molecule has 1 aliphatic heterocycles. The summed E-state index contributed by atoms with van der Waals surface area (Å²) in [6, 6.07) is 8.33. The molecule has 0 radical (unpaired) electrons. The predicted octanol–water partition coefficient (Wildman–Crippen LogP) is 4.49. The van der Waals surface area contributed by atoms with Crippen molar-refractivity contribution >= 4 is 46.4 Å². The van der Waals surface area contributed by atoms with Crippen LogP contribution in [0.2, 0.25) is 0 Å². The fourth-order valence-electron chi connectivity index (χ4n) is 3.54. The lowest BCUT2D eigenvalue weighted by Crippen LogP contribution is -2.38. The summed E-state index contributed by atoms with van der Waals surface area (Å²) in [6.45, 7) is 6.96. The molecule has 0 aliphatic carbocycles. The zero-order valence-corrected chi connectivity index (χ0v) is 21.9. The van der Waals surface area contributed by atoms with Gasteiger partial charge in [0.15, 0.2) is 11.1 Å². The molecule has 3 rings (SSSR count). The second kappa shape index (κ2) is 14.5. The van der Waals surface area contributed by atoms with Gasteiger partial charge in [0.2, 0.25) is 0 Å². The van der Waals surface area contributed by atoms with Crippen LogP contribution in [0, 0.1) is 0 Å². The van der Waals surface area contributed by atoms with Crippen LogP contribution in [-0.2, 0) is 12.8 Å². The van der Waals surface area contributed by atoms with E-state index < -0.39 is 0 Å². The third kappa shape index (κ3) is 8.84. The van der Waals surface area contributed by atoms with Gasteiger partial charge in [-0.3, -0.25) is 4.99 Å². The predicted molar refractivity (Wildman–Crippen MR) is 143 cm³/mol. The minimum absolute atomic E-state index is 0. The Morgan fingerprint density at radius 2 is 1.90 bits per heavy atom. The number of thiazole rings is 1. The van der Waals surface area contributed by atoms with Crippen LogP contribution < -0.4 is 20.3 Å². The number of aromatic nitrogens is 1. The van der Waals surface area contributed by atoms with E-state index in [-0.39, 0.29) is 24.0 Å². The van der Waals surface area contributed by atoms with Gasteiger partial charge in [-0.1, -0.05) is 12.1 Å². The number of benzene rings is 1. The SMILES string of the molecule is CCNC(=NCCCCc1ccc(OC)cc1)NCCc1csc(N2CCCC2)n1.I. The maximum absolute atomic E-state index is 5.21. The Bertz CT molecular complexity index is 775. The van der Waals surface area contributed by atoms with Crippen LogP contribution in [0.4, 0.5) is 5.13 Å². The molecule has 0 unspecified atom stereocenters.